The molecule has 0 fully saturated rings. The lowest BCUT2D eigenvalue weighted by Gasteiger charge is -2.21. The minimum atomic E-state index is -0.373. The van der Waals surface area contributed by atoms with Gasteiger partial charge in [0.05, 0.1) is 6.61 Å². The van der Waals surface area contributed by atoms with E-state index in [2.05, 4.69) is 31.3 Å². The van der Waals surface area contributed by atoms with E-state index in [1.807, 2.05) is 26.8 Å². The van der Waals surface area contributed by atoms with E-state index in [9.17, 15) is 4.79 Å². The van der Waals surface area contributed by atoms with E-state index < -0.39 is 0 Å². The van der Waals surface area contributed by atoms with Gasteiger partial charge in [0, 0.05) is 0 Å². The molecule has 0 radical (unpaired) electrons. The van der Waals surface area contributed by atoms with E-state index in [-0.39, 0.29) is 12.0 Å². The summed E-state index contributed by atoms with van der Waals surface area (Å²) in [6.07, 6.45) is 0. The van der Waals surface area contributed by atoms with Gasteiger partial charge in [0.15, 0.2) is 0 Å². The van der Waals surface area contributed by atoms with Gasteiger partial charge >= 0.3 is 5.97 Å². The highest BCUT2D eigenvalue weighted by Gasteiger charge is 2.23. The maximum Gasteiger partial charge on any atom is 0.327 e. The average molecular weight is 263 g/mol. The Morgan fingerprint density at radius 2 is 2.00 bits per heavy atom. The molecule has 0 aromatic heterocycles. The Bertz CT molecular complexity index is 427. The van der Waals surface area contributed by atoms with Gasteiger partial charge in [0.1, 0.15) is 6.04 Å². The first-order chi connectivity index (χ1) is 8.95. The molecule has 1 aromatic rings. The molecule has 0 spiro atoms. The van der Waals surface area contributed by atoms with Crippen LogP contribution in [0.15, 0.2) is 18.2 Å². The van der Waals surface area contributed by atoms with Crippen LogP contribution in [-0.2, 0) is 9.53 Å². The van der Waals surface area contributed by atoms with E-state index in [1.165, 1.54) is 0 Å². The van der Waals surface area contributed by atoms with Crippen molar-refractivity contribution in [3.8, 4) is 0 Å². The first-order valence-electron chi connectivity index (χ1n) is 6.92. The number of carbonyl (C=O) groups excluding carboxylic acids is 1. The van der Waals surface area contributed by atoms with Gasteiger partial charge in [-0.2, -0.15) is 0 Å². The number of ether oxygens (including phenoxy) is 1. The van der Waals surface area contributed by atoms with Gasteiger partial charge in [0.25, 0.3) is 0 Å². The molecule has 3 heteroatoms. The number of benzene rings is 1. The lowest BCUT2D eigenvalue weighted by Crippen LogP contribution is -2.33. The zero-order chi connectivity index (χ0) is 14.4. The fourth-order valence-corrected chi connectivity index (χ4v) is 1.97. The Hall–Kier alpha value is -1.35. The second-order valence-corrected chi connectivity index (χ2v) is 5.35. The second-order valence-electron chi connectivity index (χ2n) is 5.35. The Balaban J connectivity index is 3.00. The summed E-state index contributed by atoms with van der Waals surface area (Å²) in [4.78, 5) is 12.1. The van der Waals surface area contributed by atoms with Crippen molar-refractivity contribution >= 4 is 5.97 Å². The summed E-state index contributed by atoms with van der Waals surface area (Å²) < 4.78 is 5.18. The minimum absolute atomic E-state index is 0.197. The smallest absolute Gasteiger partial charge is 0.327 e. The Labute approximate surface area is 116 Å². The maximum absolute atomic E-state index is 12.1. The van der Waals surface area contributed by atoms with Gasteiger partial charge < -0.3 is 10.1 Å². The summed E-state index contributed by atoms with van der Waals surface area (Å²) in [6, 6.07) is 5.80. The fourth-order valence-electron chi connectivity index (χ4n) is 1.97. The number of carbonyl (C=O) groups is 1. The predicted octanol–water partition coefficient (Wildman–Crippen LogP) is 3.15. The van der Waals surface area contributed by atoms with E-state index >= 15 is 0 Å². The van der Waals surface area contributed by atoms with Crippen LogP contribution in [0.5, 0.6) is 0 Å². The molecule has 1 atom stereocenters. The molecule has 19 heavy (non-hydrogen) atoms. The highest BCUT2D eigenvalue weighted by molar-refractivity contribution is 5.78. The first kappa shape index (κ1) is 15.7. The largest absolute Gasteiger partial charge is 0.465 e. The number of hydrogen-bond donors (Lipinski definition) is 1. The third-order valence-electron chi connectivity index (χ3n) is 3.00. The molecule has 0 aliphatic carbocycles. The third-order valence-corrected chi connectivity index (χ3v) is 3.00. The third kappa shape index (κ3) is 4.67. The lowest BCUT2D eigenvalue weighted by molar-refractivity contribution is -0.145. The highest BCUT2D eigenvalue weighted by atomic mass is 16.5. The second kappa shape index (κ2) is 7.29. The molecular formula is C16H25NO2. The van der Waals surface area contributed by atoms with Crippen LogP contribution in [0.25, 0.3) is 0 Å². The lowest BCUT2D eigenvalue weighted by atomic mass is 9.98. The number of esters is 1. The van der Waals surface area contributed by atoms with Crippen LogP contribution in [-0.4, -0.2) is 19.1 Å². The van der Waals surface area contributed by atoms with E-state index in [4.69, 9.17) is 4.74 Å². The Morgan fingerprint density at radius 3 is 2.58 bits per heavy atom. The average Bonchev–Trinajstić information content (AvgIpc) is 2.33. The zero-order valence-corrected chi connectivity index (χ0v) is 12.6. The first-order valence-corrected chi connectivity index (χ1v) is 6.92. The molecule has 1 unspecified atom stereocenters. The number of aryl methyl sites for hydroxylation is 2. The molecule has 1 N–H and O–H groups in total. The molecule has 3 nitrogen and oxygen atoms in total. The van der Waals surface area contributed by atoms with Crippen molar-refractivity contribution in [2.24, 2.45) is 5.92 Å². The maximum atomic E-state index is 12.1. The molecule has 0 bridgehead atoms. The fraction of sp³-hybridized carbons (Fsp3) is 0.562. The van der Waals surface area contributed by atoms with Gasteiger partial charge in [-0.25, -0.2) is 4.79 Å². The van der Waals surface area contributed by atoms with Crippen LogP contribution in [0.1, 0.15) is 43.5 Å². The van der Waals surface area contributed by atoms with Crippen LogP contribution < -0.4 is 5.32 Å². The van der Waals surface area contributed by atoms with Crippen molar-refractivity contribution < 1.29 is 9.53 Å². The van der Waals surface area contributed by atoms with Gasteiger partial charge in [-0.15, -0.1) is 0 Å². The summed E-state index contributed by atoms with van der Waals surface area (Å²) in [6.45, 7) is 11.3. The van der Waals surface area contributed by atoms with E-state index in [0.29, 0.717) is 12.5 Å². The summed E-state index contributed by atoms with van der Waals surface area (Å²) in [5.41, 5.74) is 3.28. The summed E-state index contributed by atoms with van der Waals surface area (Å²) in [5.74, 6) is 0.291. The van der Waals surface area contributed by atoms with Gasteiger partial charge in [-0.05, 0) is 44.4 Å². The van der Waals surface area contributed by atoms with Crippen LogP contribution in [0.3, 0.4) is 0 Å². The normalized spacial score (nSPS) is 12.5. The number of rotatable bonds is 6. The van der Waals surface area contributed by atoms with E-state index in [0.717, 1.165) is 23.2 Å². The van der Waals surface area contributed by atoms with Crippen molar-refractivity contribution in [2.45, 2.75) is 40.7 Å². The molecule has 0 saturated carbocycles. The van der Waals surface area contributed by atoms with E-state index in [1.54, 1.807) is 0 Å². The Kier molecular flexibility index (Phi) is 6.03. The molecular weight excluding hydrogens is 238 g/mol. The van der Waals surface area contributed by atoms with Gasteiger partial charge in [-0.3, -0.25) is 0 Å². The molecule has 0 aliphatic rings. The monoisotopic (exact) mass is 263 g/mol. The summed E-state index contributed by atoms with van der Waals surface area (Å²) in [5, 5.41) is 3.31. The topological polar surface area (TPSA) is 38.3 Å². The van der Waals surface area contributed by atoms with Crippen LogP contribution in [0.2, 0.25) is 0 Å². The SMILES string of the molecule is CCOC(=O)C(NCC(C)C)c1cc(C)ccc1C. The number of nitrogens with one attached hydrogen (secondary N) is 1. The molecule has 106 valence electrons. The van der Waals surface area contributed by atoms with Crippen molar-refractivity contribution in [3.63, 3.8) is 0 Å². The minimum Gasteiger partial charge on any atom is -0.465 e. The predicted molar refractivity (Wildman–Crippen MR) is 78.1 cm³/mol. The molecule has 1 aromatic carbocycles. The van der Waals surface area contributed by atoms with Crippen molar-refractivity contribution in [3.05, 3.63) is 34.9 Å². The van der Waals surface area contributed by atoms with Gasteiger partial charge in [-0.1, -0.05) is 37.6 Å². The summed E-state index contributed by atoms with van der Waals surface area (Å²) >= 11 is 0. The van der Waals surface area contributed by atoms with Crippen LogP contribution >= 0.6 is 0 Å². The highest BCUT2D eigenvalue weighted by Crippen LogP contribution is 2.21. The quantitative estimate of drug-likeness (QED) is 0.801. The van der Waals surface area contributed by atoms with Crippen molar-refractivity contribution in [2.75, 3.05) is 13.2 Å². The zero-order valence-electron chi connectivity index (χ0n) is 12.6. The number of hydrogen-bond acceptors (Lipinski definition) is 3. The molecule has 0 aliphatic heterocycles. The van der Waals surface area contributed by atoms with Gasteiger partial charge in [0.2, 0.25) is 0 Å². The van der Waals surface area contributed by atoms with Crippen molar-refractivity contribution in [1.82, 2.24) is 5.32 Å². The molecule has 0 amide bonds. The van der Waals surface area contributed by atoms with Crippen LogP contribution in [0.4, 0.5) is 0 Å². The summed E-state index contributed by atoms with van der Waals surface area (Å²) in [7, 11) is 0. The molecule has 1 rings (SSSR count). The Morgan fingerprint density at radius 1 is 1.32 bits per heavy atom. The molecule has 0 saturated heterocycles. The standard InChI is InChI=1S/C16H25NO2/c1-6-19-16(18)15(17-10-11(2)3)14-9-12(4)7-8-13(14)5/h7-9,11,15,17H,6,10H2,1-5H3. The molecule has 0 heterocycles. The van der Waals surface area contributed by atoms with Crippen molar-refractivity contribution in [1.29, 1.82) is 0 Å². The van der Waals surface area contributed by atoms with Crippen LogP contribution in [0, 0.1) is 19.8 Å².